The Hall–Kier alpha value is -3.32. The molecule has 9 nitrogen and oxygen atoms in total. The van der Waals surface area contributed by atoms with Crippen molar-refractivity contribution >= 4 is 11.9 Å². The van der Waals surface area contributed by atoms with Gasteiger partial charge >= 0.3 is 0 Å². The smallest absolute Gasteiger partial charge is 0.252 e. The number of rotatable bonds is 2. The van der Waals surface area contributed by atoms with Crippen molar-refractivity contribution in [2.45, 2.75) is 19.1 Å². The van der Waals surface area contributed by atoms with Crippen LogP contribution in [0.3, 0.4) is 0 Å². The molecule has 1 fully saturated rings. The highest BCUT2D eigenvalue weighted by molar-refractivity contribution is 5.81. The SMILES string of the molecule is N#Cc1cncc2c1OCCN(C(=O)C1CCN(c3ncc(F)cn3)CCO1)C2. The summed E-state index contributed by atoms with van der Waals surface area (Å²) in [6.45, 7) is 2.35. The number of hydrogen-bond donors (Lipinski definition) is 0. The molecule has 0 radical (unpaired) electrons. The Morgan fingerprint density at radius 2 is 2.00 bits per heavy atom. The molecule has 0 spiro atoms. The second kappa shape index (κ2) is 8.36. The molecule has 2 aromatic heterocycles. The summed E-state index contributed by atoms with van der Waals surface area (Å²) in [5.74, 6) is 0.269. The van der Waals surface area contributed by atoms with Crippen molar-refractivity contribution in [1.29, 1.82) is 5.26 Å². The number of aromatic nitrogens is 3. The number of nitrogens with zero attached hydrogens (tertiary/aromatic N) is 6. The average molecular weight is 398 g/mol. The molecule has 0 saturated carbocycles. The topological polar surface area (TPSA) is 104 Å². The van der Waals surface area contributed by atoms with Crippen LogP contribution < -0.4 is 9.64 Å². The van der Waals surface area contributed by atoms with Gasteiger partial charge in [0.25, 0.3) is 5.91 Å². The van der Waals surface area contributed by atoms with Crippen molar-refractivity contribution in [3.8, 4) is 11.8 Å². The number of anilines is 1. The Balaban J connectivity index is 1.44. The van der Waals surface area contributed by atoms with E-state index >= 15 is 0 Å². The van der Waals surface area contributed by atoms with Crippen molar-refractivity contribution in [2.24, 2.45) is 0 Å². The zero-order valence-electron chi connectivity index (χ0n) is 15.6. The zero-order chi connectivity index (χ0) is 20.2. The summed E-state index contributed by atoms with van der Waals surface area (Å²) in [7, 11) is 0. The lowest BCUT2D eigenvalue weighted by Gasteiger charge is -2.24. The molecule has 150 valence electrons. The van der Waals surface area contributed by atoms with E-state index in [0.717, 1.165) is 12.4 Å². The minimum atomic E-state index is -0.603. The lowest BCUT2D eigenvalue weighted by Crippen LogP contribution is -2.41. The van der Waals surface area contributed by atoms with E-state index < -0.39 is 11.9 Å². The molecule has 1 unspecified atom stereocenters. The number of hydrogen-bond acceptors (Lipinski definition) is 8. The van der Waals surface area contributed by atoms with Crippen molar-refractivity contribution in [1.82, 2.24) is 19.9 Å². The van der Waals surface area contributed by atoms with Gasteiger partial charge in [-0.05, 0) is 0 Å². The number of carbonyl (C=O) groups is 1. The van der Waals surface area contributed by atoms with Crippen LogP contribution in [0.15, 0.2) is 24.8 Å². The van der Waals surface area contributed by atoms with Gasteiger partial charge in [0.1, 0.15) is 30.1 Å². The maximum Gasteiger partial charge on any atom is 0.252 e. The van der Waals surface area contributed by atoms with Gasteiger partial charge in [0.2, 0.25) is 5.95 Å². The van der Waals surface area contributed by atoms with Crippen LogP contribution in [0.2, 0.25) is 0 Å². The molecular weight excluding hydrogens is 379 g/mol. The maximum atomic E-state index is 13.1. The normalized spacial score (nSPS) is 19.4. The quantitative estimate of drug-likeness (QED) is 0.735. The molecule has 1 saturated heterocycles. The van der Waals surface area contributed by atoms with Gasteiger partial charge in [0, 0.05) is 37.5 Å². The number of nitriles is 1. The lowest BCUT2D eigenvalue weighted by molar-refractivity contribution is -0.144. The van der Waals surface area contributed by atoms with Crippen molar-refractivity contribution in [3.05, 3.63) is 41.7 Å². The van der Waals surface area contributed by atoms with Crippen molar-refractivity contribution in [2.75, 3.05) is 37.7 Å². The Labute approximate surface area is 166 Å². The molecule has 2 aliphatic rings. The summed E-state index contributed by atoms with van der Waals surface area (Å²) in [5.41, 5.74) is 1.06. The summed E-state index contributed by atoms with van der Waals surface area (Å²) in [6.07, 6.45) is 5.17. The van der Waals surface area contributed by atoms with Crippen LogP contribution in [-0.4, -0.2) is 64.7 Å². The first kappa shape index (κ1) is 19.0. The number of fused-ring (bicyclic) bond motifs is 1. The molecule has 4 heterocycles. The van der Waals surface area contributed by atoms with Gasteiger partial charge in [0.05, 0.1) is 32.1 Å². The minimum Gasteiger partial charge on any atom is -0.490 e. The van der Waals surface area contributed by atoms with Gasteiger partial charge in [-0.2, -0.15) is 5.26 Å². The van der Waals surface area contributed by atoms with E-state index in [0.29, 0.717) is 68.6 Å². The molecule has 4 rings (SSSR count). The fraction of sp³-hybridized carbons (Fsp3) is 0.421. The predicted molar refractivity (Wildman–Crippen MR) is 98.4 cm³/mol. The standard InChI is InChI=1S/C19H19FN6O3/c20-15-10-23-19(24-11-15)25-2-1-16(28-5-3-25)18(27)26-4-6-29-17-13(7-21)8-22-9-14(17)12-26/h8-11,16H,1-6,12H2. The van der Waals surface area contributed by atoms with Crippen molar-refractivity contribution in [3.63, 3.8) is 0 Å². The summed E-state index contributed by atoms with van der Waals surface area (Å²) >= 11 is 0. The van der Waals surface area contributed by atoms with Gasteiger partial charge < -0.3 is 19.3 Å². The summed E-state index contributed by atoms with van der Waals surface area (Å²) < 4.78 is 24.5. The van der Waals surface area contributed by atoms with E-state index in [2.05, 4.69) is 21.0 Å². The van der Waals surface area contributed by atoms with E-state index in [1.54, 1.807) is 11.1 Å². The fourth-order valence-electron chi connectivity index (χ4n) is 3.43. The first-order valence-corrected chi connectivity index (χ1v) is 9.28. The Morgan fingerprint density at radius 1 is 1.17 bits per heavy atom. The molecule has 0 aliphatic carbocycles. The van der Waals surface area contributed by atoms with Gasteiger partial charge in [-0.25, -0.2) is 14.4 Å². The first-order chi connectivity index (χ1) is 14.2. The van der Waals surface area contributed by atoms with Gasteiger partial charge in [-0.15, -0.1) is 0 Å². The second-order valence-corrected chi connectivity index (χ2v) is 6.73. The molecule has 2 aromatic rings. The highest BCUT2D eigenvalue weighted by atomic mass is 19.1. The monoisotopic (exact) mass is 398 g/mol. The fourth-order valence-corrected chi connectivity index (χ4v) is 3.43. The second-order valence-electron chi connectivity index (χ2n) is 6.73. The van der Waals surface area contributed by atoms with Gasteiger partial charge in [0.15, 0.2) is 5.82 Å². The largest absolute Gasteiger partial charge is 0.490 e. The van der Waals surface area contributed by atoms with E-state index in [1.165, 1.54) is 6.20 Å². The molecule has 0 N–H and O–H groups in total. The summed E-state index contributed by atoms with van der Waals surface area (Å²) in [4.78, 5) is 28.7. The molecular formula is C19H19FN6O3. The van der Waals surface area contributed by atoms with Crippen LogP contribution in [0.4, 0.5) is 10.3 Å². The first-order valence-electron chi connectivity index (χ1n) is 9.28. The third-order valence-corrected chi connectivity index (χ3v) is 4.88. The Morgan fingerprint density at radius 3 is 2.79 bits per heavy atom. The van der Waals surface area contributed by atoms with E-state index in [4.69, 9.17) is 9.47 Å². The molecule has 2 aliphatic heterocycles. The highest BCUT2D eigenvalue weighted by Crippen LogP contribution is 2.27. The molecule has 0 aromatic carbocycles. The van der Waals surface area contributed by atoms with E-state index in [9.17, 15) is 14.4 Å². The Kier molecular flexibility index (Phi) is 5.48. The number of ether oxygens (including phenoxy) is 2. The number of carbonyl (C=O) groups excluding carboxylic acids is 1. The third-order valence-electron chi connectivity index (χ3n) is 4.88. The van der Waals surface area contributed by atoms with Crippen LogP contribution in [0.5, 0.6) is 5.75 Å². The van der Waals surface area contributed by atoms with E-state index in [1.807, 2.05) is 4.90 Å². The van der Waals surface area contributed by atoms with E-state index in [-0.39, 0.29) is 5.91 Å². The summed E-state index contributed by atoms with van der Waals surface area (Å²) in [6, 6.07) is 2.07. The minimum absolute atomic E-state index is 0.134. The van der Waals surface area contributed by atoms with Gasteiger partial charge in [-0.1, -0.05) is 0 Å². The number of halogens is 1. The number of amides is 1. The van der Waals surface area contributed by atoms with Crippen LogP contribution in [0.25, 0.3) is 0 Å². The lowest BCUT2D eigenvalue weighted by atomic mass is 10.1. The van der Waals surface area contributed by atoms with Crippen LogP contribution >= 0.6 is 0 Å². The molecule has 29 heavy (non-hydrogen) atoms. The summed E-state index contributed by atoms with van der Waals surface area (Å²) in [5, 5.41) is 9.22. The Bertz CT molecular complexity index is 933. The van der Waals surface area contributed by atoms with Gasteiger partial charge in [-0.3, -0.25) is 9.78 Å². The highest BCUT2D eigenvalue weighted by Gasteiger charge is 2.30. The van der Waals surface area contributed by atoms with Crippen LogP contribution in [0, 0.1) is 17.1 Å². The third kappa shape index (κ3) is 4.09. The maximum absolute atomic E-state index is 13.1. The van der Waals surface area contributed by atoms with Crippen molar-refractivity contribution < 1.29 is 18.7 Å². The molecule has 0 bridgehead atoms. The molecule has 1 atom stereocenters. The average Bonchev–Trinajstić information content (AvgIpc) is 3.12. The zero-order valence-corrected chi connectivity index (χ0v) is 15.6. The van der Waals surface area contributed by atoms with Crippen LogP contribution in [-0.2, 0) is 16.1 Å². The predicted octanol–water partition coefficient (Wildman–Crippen LogP) is 0.899. The molecule has 1 amide bonds. The molecule has 10 heteroatoms. The van der Waals surface area contributed by atoms with Crippen LogP contribution in [0.1, 0.15) is 17.5 Å². The number of pyridine rings is 1.